The van der Waals surface area contributed by atoms with E-state index in [4.69, 9.17) is 16.7 Å². The highest BCUT2D eigenvalue weighted by atomic mass is 35.5. The summed E-state index contributed by atoms with van der Waals surface area (Å²) in [7, 11) is 0. The first-order chi connectivity index (χ1) is 13.4. The van der Waals surface area contributed by atoms with Crippen molar-refractivity contribution >= 4 is 29.3 Å². The molecule has 0 aliphatic carbocycles. The van der Waals surface area contributed by atoms with Crippen LogP contribution in [-0.2, 0) is 4.79 Å². The van der Waals surface area contributed by atoms with E-state index in [0.717, 1.165) is 28.1 Å². The second-order valence-corrected chi connectivity index (χ2v) is 7.28. The first kappa shape index (κ1) is 18.3. The van der Waals surface area contributed by atoms with Crippen molar-refractivity contribution in [1.29, 1.82) is 0 Å². The minimum atomic E-state index is -0.978. The maximum absolute atomic E-state index is 12.5. The maximum atomic E-state index is 12.5. The quantitative estimate of drug-likeness (QED) is 0.691. The number of aromatic carboxylic acids is 1. The second kappa shape index (κ2) is 6.80. The van der Waals surface area contributed by atoms with Crippen LogP contribution in [0, 0.1) is 13.8 Å². The fraction of sp³-hybridized carbons (Fsp3) is 0.190. The second-order valence-electron chi connectivity index (χ2n) is 6.88. The summed E-state index contributed by atoms with van der Waals surface area (Å²) in [6, 6.07) is 12.2. The zero-order valence-corrected chi connectivity index (χ0v) is 16.1. The fourth-order valence-corrected chi connectivity index (χ4v) is 3.86. The van der Waals surface area contributed by atoms with Crippen molar-refractivity contribution in [2.24, 2.45) is 0 Å². The third-order valence-electron chi connectivity index (χ3n) is 5.13. The molecule has 0 spiro atoms. The van der Waals surface area contributed by atoms with Crippen LogP contribution in [0.3, 0.4) is 0 Å². The van der Waals surface area contributed by atoms with Gasteiger partial charge in [-0.05, 0) is 49.2 Å². The van der Waals surface area contributed by atoms with Crippen LogP contribution in [-0.4, -0.2) is 26.8 Å². The Labute approximate surface area is 166 Å². The number of carbonyl (C=O) groups is 2. The molecule has 1 aromatic heterocycles. The van der Waals surface area contributed by atoms with Crippen LogP contribution >= 0.6 is 11.6 Å². The molecule has 2 heterocycles. The number of halogens is 1. The van der Waals surface area contributed by atoms with Crippen LogP contribution in [0.4, 0.5) is 5.82 Å². The topological polar surface area (TPSA) is 84.2 Å². The van der Waals surface area contributed by atoms with Gasteiger partial charge in [-0.3, -0.25) is 4.79 Å². The van der Waals surface area contributed by atoms with Gasteiger partial charge in [0.25, 0.3) is 0 Å². The number of hydrogen-bond acceptors (Lipinski definition) is 3. The van der Waals surface area contributed by atoms with Gasteiger partial charge in [-0.2, -0.15) is 5.10 Å². The molecule has 3 aromatic rings. The number of rotatable bonds is 3. The number of anilines is 1. The number of fused-ring (bicyclic) bond motifs is 1. The third-order valence-corrected chi connectivity index (χ3v) is 5.54. The average molecular weight is 396 g/mol. The lowest BCUT2D eigenvalue weighted by molar-refractivity contribution is -0.116. The molecular formula is C21H18ClN3O3. The van der Waals surface area contributed by atoms with E-state index in [1.807, 2.05) is 32.0 Å². The molecule has 6 nitrogen and oxygen atoms in total. The summed E-state index contributed by atoms with van der Waals surface area (Å²) >= 11 is 6.27. The molecule has 2 N–H and O–H groups in total. The largest absolute Gasteiger partial charge is 0.478 e. The Hall–Kier alpha value is -3.12. The van der Waals surface area contributed by atoms with Gasteiger partial charge in [0, 0.05) is 22.9 Å². The van der Waals surface area contributed by atoms with E-state index in [9.17, 15) is 9.59 Å². The summed E-state index contributed by atoms with van der Waals surface area (Å²) in [6.45, 7) is 3.82. The zero-order valence-electron chi connectivity index (χ0n) is 15.4. The molecule has 1 aliphatic rings. The number of carbonyl (C=O) groups excluding carboxylic acids is 1. The van der Waals surface area contributed by atoms with E-state index in [2.05, 4.69) is 10.4 Å². The van der Waals surface area contributed by atoms with Gasteiger partial charge in [-0.15, -0.1) is 0 Å². The van der Waals surface area contributed by atoms with Crippen LogP contribution in [0.2, 0.25) is 5.02 Å². The Morgan fingerprint density at radius 1 is 1.21 bits per heavy atom. The number of carboxylic acids is 1. The number of nitrogens with zero attached hydrogens (tertiary/aromatic N) is 2. The van der Waals surface area contributed by atoms with Crippen molar-refractivity contribution < 1.29 is 14.7 Å². The Morgan fingerprint density at radius 2 is 1.93 bits per heavy atom. The van der Waals surface area contributed by atoms with Gasteiger partial charge in [0.2, 0.25) is 5.91 Å². The van der Waals surface area contributed by atoms with Crippen LogP contribution in [0.15, 0.2) is 42.5 Å². The first-order valence-electron chi connectivity index (χ1n) is 8.85. The summed E-state index contributed by atoms with van der Waals surface area (Å²) in [5.74, 6) is -0.652. The maximum Gasteiger partial charge on any atom is 0.335 e. The molecule has 2 aromatic carbocycles. The number of hydrogen-bond donors (Lipinski definition) is 2. The van der Waals surface area contributed by atoms with Gasteiger partial charge in [0.15, 0.2) is 0 Å². The van der Waals surface area contributed by atoms with E-state index >= 15 is 0 Å². The lowest BCUT2D eigenvalue weighted by atomic mass is 9.85. The summed E-state index contributed by atoms with van der Waals surface area (Å²) in [5, 5.41) is 17.4. The van der Waals surface area contributed by atoms with Crippen molar-refractivity contribution in [2.45, 2.75) is 26.2 Å². The summed E-state index contributed by atoms with van der Waals surface area (Å²) < 4.78 is 1.72. The standard InChI is InChI=1S/C21H18ClN3O3/c1-11-16(22)4-3-5-17(11)25-20-19(12(2)24-25)15(10-18(26)23-20)13-6-8-14(9-7-13)21(27)28/h3-9,15H,10H2,1-2H3,(H,23,26)(H,27,28)/t15-/m1/s1. The molecule has 0 bridgehead atoms. The highest BCUT2D eigenvalue weighted by molar-refractivity contribution is 6.31. The van der Waals surface area contributed by atoms with E-state index < -0.39 is 5.97 Å². The molecule has 0 radical (unpaired) electrons. The van der Waals surface area contributed by atoms with Crippen LogP contribution < -0.4 is 5.32 Å². The molecule has 0 saturated heterocycles. The first-order valence-corrected chi connectivity index (χ1v) is 9.22. The molecule has 0 unspecified atom stereocenters. The van der Waals surface area contributed by atoms with E-state index in [0.29, 0.717) is 10.8 Å². The molecule has 0 saturated carbocycles. The molecular weight excluding hydrogens is 378 g/mol. The van der Waals surface area contributed by atoms with E-state index in [-0.39, 0.29) is 23.8 Å². The minimum absolute atomic E-state index is 0.111. The van der Waals surface area contributed by atoms with Gasteiger partial charge in [0.05, 0.1) is 16.9 Å². The number of nitrogens with one attached hydrogen (secondary N) is 1. The fourth-order valence-electron chi connectivity index (χ4n) is 3.69. The smallest absolute Gasteiger partial charge is 0.335 e. The molecule has 0 fully saturated rings. The summed E-state index contributed by atoms with van der Waals surface area (Å²) in [5.41, 5.74) is 4.51. The number of aromatic nitrogens is 2. The molecule has 28 heavy (non-hydrogen) atoms. The molecule has 142 valence electrons. The predicted molar refractivity (Wildman–Crippen MR) is 107 cm³/mol. The Kier molecular flexibility index (Phi) is 4.43. The highest BCUT2D eigenvalue weighted by Crippen LogP contribution is 2.40. The normalized spacial score (nSPS) is 15.8. The van der Waals surface area contributed by atoms with Crippen molar-refractivity contribution in [2.75, 3.05) is 5.32 Å². The molecule has 4 rings (SSSR count). The minimum Gasteiger partial charge on any atom is -0.478 e. The number of carboxylic acid groups (broad SMARTS) is 1. The zero-order chi connectivity index (χ0) is 20.0. The Balaban J connectivity index is 1.85. The Bertz CT molecular complexity index is 1100. The van der Waals surface area contributed by atoms with Gasteiger partial charge in [-0.1, -0.05) is 29.8 Å². The number of amides is 1. The van der Waals surface area contributed by atoms with Crippen molar-refractivity contribution in [1.82, 2.24) is 9.78 Å². The van der Waals surface area contributed by atoms with Gasteiger partial charge in [0.1, 0.15) is 5.82 Å². The average Bonchev–Trinajstić information content (AvgIpc) is 2.99. The van der Waals surface area contributed by atoms with Gasteiger partial charge >= 0.3 is 5.97 Å². The number of aryl methyl sites for hydroxylation is 1. The monoisotopic (exact) mass is 395 g/mol. The van der Waals surface area contributed by atoms with Gasteiger partial charge < -0.3 is 10.4 Å². The van der Waals surface area contributed by atoms with Crippen molar-refractivity contribution in [3.8, 4) is 5.69 Å². The van der Waals surface area contributed by atoms with E-state index in [1.165, 1.54) is 0 Å². The lowest BCUT2D eigenvalue weighted by Gasteiger charge is -2.24. The molecule has 1 amide bonds. The summed E-state index contributed by atoms with van der Waals surface area (Å²) in [4.78, 5) is 23.6. The highest BCUT2D eigenvalue weighted by Gasteiger charge is 2.33. The van der Waals surface area contributed by atoms with Crippen LogP contribution in [0.1, 0.15) is 45.1 Å². The summed E-state index contributed by atoms with van der Waals surface area (Å²) in [6.07, 6.45) is 0.278. The van der Waals surface area contributed by atoms with Crippen molar-refractivity contribution in [3.63, 3.8) is 0 Å². The molecule has 1 atom stereocenters. The third kappa shape index (κ3) is 2.96. The SMILES string of the molecule is Cc1nn(-c2cccc(Cl)c2C)c2c1[C@@H](c1ccc(C(=O)O)cc1)CC(=O)N2. The van der Waals surface area contributed by atoms with E-state index in [1.54, 1.807) is 28.9 Å². The Morgan fingerprint density at radius 3 is 2.61 bits per heavy atom. The van der Waals surface area contributed by atoms with Crippen molar-refractivity contribution in [3.05, 3.63) is 75.4 Å². The van der Waals surface area contributed by atoms with Crippen LogP contribution in [0.25, 0.3) is 5.69 Å². The molecule has 1 aliphatic heterocycles. The predicted octanol–water partition coefficient (Wildman–Crippen LogP) is 4.31. The lowest BCUT2D eigenvalue weighted by Crippen LogP contribution is -2.25. The molecule has 7 heteroatoms. The van der Waals surface area contributed by atoms with Crippen LogP contribution in [0.5, 0.6) is 0 Å². The van der Waals surface area contributed by atoms with Gasteiger partial charge in [-0.25, -0.2) is 9.48 Å². The number of benzene rings is 2.